The number of rotatable bonds is 9. The Kier molecular flexibility index (Phi) is 8.76. The third-order valence-corrected chi connectivity index (χ3v) is 6.79. The third-order valence-electron chi connectivity index (χ3n) is 4.85. The second-order valence-electron chi connectivity index (χ2n) is 7.35. The Morgan fingerprint density at radius 2 is 1.86 bits per heavy atom. The minimum Gasteiger partial charge on any atom is -0.349 e. The molecular formula is C20H29ClN2O4S. The van der Waals surface area contributed by atoms with E-state index in [1.54, 1.807) is 6.07 Å². The largest absolute Gasteiger partial charge is 0.349 e. The van der Waals surface area contributed by atoms with E-state index in [9.17, 15) is 18.0 Å². The molecule has 0 aromatic heterocycles. The van der Waals surface area contributed by atoms with Crippen LogP contribution in [0.5, 0.6) is 0 Å². The first-order chi connectivity index (χ1) is 13.3. The topological polar surface area (TPSA) is 92.3 Å². The Morgan fingerprint density at radius 3 is 2.54 bits per heavy atom. The normalized spacial score (nSPS) is 15.2. The van der Waals surface area contributed by atoms with Gasteiger partial charge in [0.25, 0.3) is 5.91 Å². The molecule has 0 atom stereocenters. The quantitative estimate of drug-likeness (QED) is 0.582. The van der Waals surface area contributed by atoms with Gasteiger partial charge in [0.15, 0.2) is 9.84 Å². The zero-order valence-electron chi connectivity index (χ0n) is 16.3. The van der Waals surface area contributed by atoms with Crippen LogP contribution in [0.1, 0.15) is 68.6 Å². The number of nitrogens with one attached hydrogen (secondary N) is 2. The van der Waals surface area contributed by atoms with E-state index in [1.165, 1.54) is 18.6 Å². The van der Waals surface area contributed by atoms with Crippen molar-refractivity contribution < 1.29 is 18.0 Å². The summed E-state index contributed by atoms with van der Waals surface area (Å²) in [6.07, 6.45) is 7.58. The van der Waals surface area contributed by atoms with Crippen molar-refractivity contribution in [3.05, 3.63) is 28.8 Å². The average molecular weight is 429 g/mol. The minimum atomic E-state index is -3.44. The van der Waals surface area contributed by atoms with Crippen molar-refractivity contribution in [2.24, 2.45) is 0 Å². The SMILES string of the molecule is CCCCCS(=O)(=O)CC(=O)Nc1ccc(Cl)c(C(=O)NC2CCCCC2)c1. The molecule has 1 aliphatic carbocycles. The van der Waals surface area contributed by atoms with E-state index in [0.29, 0.717) is 17.1 Å². The summed E-state index contributed by atoms with van der Waals surface area (Å²) in [4.78, 5) is 24.7. The number of carbonyl (C=O) groups excluding carboxylic acids is 2. The fourth-order valence-corrected chi connectivity index (χ4v) is 4.79. The lowest BCUT2D eigenvalue weighted by Crippen LogP contribution is -2.36. The third kappa shape index (κ3) is 7.43. The Balaban J connectivity index is 1.97. The molecule has 0 saturated heterocycles. The van der Waals surface area contributed by atoms with Crippen LogP contribution in [-0.2, 0) is 14.6 Å². The van der Waals surface area contributed by atoms with Gasteiger partial charge in [-0.25, -0.2) is 8.42 Å². The summed E-state index contributed by atoms with van der Waals surface area (Å²) in [6.45, 7) is 1.99. The highest BCUT2D eigenvalue weighted by Crippen LogP contribution is 2.23. The summed E-state index contributed by atoms with van der Waals surface area (Å²) in [5.74, 6) is -1.45. The molecule has 1 aromatic carbocycles. The molecule has 1 saturated carbocycles. The molecule has 0 unspecified atom stereocenters. The van der Waals surface area contributed by atoms with Crippen LogP contribution in [0.4, 0.5) is 5.69 Å². The highest BCUT2D eigenvalue weighted by Gasteiger charge is 2.20. The monoisotopic (exact) mass is 428 g/mol. The van der Waals surface area contributed by atoms with Crippen LogP contribution in [0.2, 0.25) is 5.02 Å². The molecule has 0 bridgehead atoms. The maximum atomic E-state index is 12.5. The molecule has 0 aliphatic heterocycles. The number of hydrogen-bond acceptors (Lipinski definition) is 4. The van der Waals surface area contributed by atoms with Gasteiger partial charge in [0, 0.05) is 11.7 Å². The first-order valence-electron chi connectivity index (χ1n) is 9.91. The van der Waals surface area contributed by atoms with Crippen molar-refractivity contribution in [3.8, 4) is 0 Å². The summed E-state index contributed by atoms with van der Waals surface area (Å²) in [5, 5.41) is 5.84. The Labute approximate surface area is 172 Å². The van der Waals surface area contributed by atoms with E-state index in [-0.39, 0.29) is 23.3 Å². The van der Waals surface area contributed by atoms with E-state index >= 15 is 0 Å². The van der Waals surface area contributed by atoms with Gasteiger partial charge in [0.05, 0.1) is 16.3 Å². The van der Waals surface area contributed by atoms with Crippen molar-refractivity contribution in [1.82, 2.24) is 5.32 Å². The number of sulfone groups is 1. The Morgan fingerprint density at radius 1 is 1.14 bits per heavy atom. The second kappa shape index (κ2) is 10.8. The van der Waals surface area contributed by atoms with Crippen molar-refractivity contribution >= 4 is 38.9 Å². The molecule has 8 heteroatoms. The highest BCUT2D eigenvalue weighted by molar-refractivity contribution is 7.92. The van der Waals surface area contributed by atoms with Crippen LogP contribution >= 0.6 is 11.6 Å². The molecule has 1 fully saturated rings. The van der Waals surface area contributed by atoms with E-state index < -0.39 is 21.5 Å². The maximum Gasteiger partial charge on any atom is 0.253 e. The zero-order valence-corrected chi connectivity index (χ0v) is 17.9. The van der Waals surface area contributed by atoms with Gasteiger partial charge in [-0.05, 0) is 37.5 Å². The van der Waals surface area contributed by atoms with Gasteiger partial charge in [-0.1, -0.05) is 50.6 Å². The summed E-state index contributed by atoms with van der Waals surface area (Å²) in [7, 11) is -3.44. The molecule has 0 heterocycles. The predicted octanol–water partition coefficient (Wildman–Crippen LogP) is 3.95. The summed E-state index contributed by atoms with van der Waals surface area (Å²) >= 11 is 6.15. The summed E-state index contributed by atoms with van der Waals surface area (Å²) in [6, 6.07) is 4.72. The smallest absolute Gasteiger partial charge is 0.253 e. The van der Waals surface area contributed by atoms with Gasteiger partial charge in [-0.15, -0.1) is 0 Å². The van der Waals surface area contributed by atoms with Crippen molar-refractivity contribution in [1.29, 1.82) is 0 Å². The first kappa shape index (κ1) is 22.7. The zero-order chi connectivity index (χ0) is 20.6. The summed E-state index contributed by atoms with van der Waals surface area (Å²) in [5.41, 5.74) is 0.628. The highest BCUT2D eigenvalue weighted by atomic mass is 35.5. The number of amides is 2. The van der Waals surface area contributed by atoms with E-state index in [2.05, 4.69) is 10.6 Å². The van der Waals surface area contributed by atoms with Crippen molar-refractivity contribution in [2.75, 3.05) is 16.8 Å². The van der Waals surface area contributed by atoms with Gasteiger partial charge >= 0.3 is 0 Å². The van der Waals surface area contributed by atoms with Gasteiger partial charge in [0.1, 0.15) is 5.75 Å². The molecule has 0 radical (unpaired) electrons. The first-order valence-corrected chi connectivity index (χ1v) is 12.1. The molecule has 0 spiro atoms. The maximum absolute atomic E-state index is 12.5. The molecule has 1 aliphatic rings. The Bertz CT molecular complexity index is 789. The van der Waals surface area contributed by atoms with Gasteiger partial charge in [-0.3, -0.25) is 9.59 Å². The molecule has 2 amide bonds. The second-order valence-corrected chi connectivity index (χ2v) is 9.94. The Hall–Kier alpha value is -1.60. The van der Waals surface area contributed by atoms with Crippen molar-refractivity contribution in [3.63, 3.8) is 0 Å². The van der Waals surface area contributed by atoms with Gasteiger partial charge in [0.2, 0.25) is 5.91 Å². The van der Waals surface area contributed by atoms with Crippen LogP contribution in [0.15, 0.2) is 18.2 Å². The average Bonchev–Trinajstić information content (AvgIpc) is 2.63. The molecule has 156 valence electrons. The van der Waals surface area contributed by atoms with E-state index in [4.69, 9.17) is 11.6 Å². The molecule has 2 N–H and O–H groups in total. The van der Waals surface area contributed by atoms with E-state index in [1.807, 2.05) is 6.92 Å². The number of halogens is 1. The lowest BCUT2D eigenvalue weighted by molar-refractivity contribution is -0.113. The van der Waals surface area contributed by atoms with Crippen LogP contribution in [0.25, 0.3) is 0 Å². The molecule has 1 aromatic rings. The number of hydrogen-bond donors (Lipinski definition) is 2. The van der Waals surface area contributed by atoms with Gasteiger partial charge in [-0.2, -0.15) is 0 Å². The number of unbranched alkanes of at least 4 members (excludes halogenated alkanes) is 2. The number of carbonyl (C=O) groups is 2. The fourth-order valence-electron chi connectivity index (χ4n) is 3.33. The lowest BCUT2D eigenvalue weighted by atomic mass is 9.95. The molecule has 28 heavy (non-hydrogen) atoms. The van der Waals surface area contributed by atoms with Crippen LogP contribution in [0.3, 0.4) is 0 Å². The minimum absolute atomic E-state index is 0.00389. The predicted molar refractivity (Wildman–Crippen MR) is 113 cm³/mol. The summed E-state index contributed by atoms with van der Waals surface area (Å²) < 4.78 is 24.0. The fraction of sp³-hybridized carbons (Fsp3) is 0.600. The molecular weight excluding hydrogens is 400 g/mol. The number of anilines is 1. The number of benzene rings is 1. The molecule has 2 rings (SSSR count). The van der Waals surface area contributed by atoms with Crippen LogP contribution in [0, 0.1) is 0 Å². The standard InChI is InChI=1S/C20H29ClN2O4S/c1-2-3-7-12-28(26,27)14-19(24)22-16-10-11-18(21)17(13-16)20(25)23-15-8-5-4-6-9-15/h10-11,13,15H,2-9,12,14H2,1H3,(H,22,24)(H,23,25). The lowest BCUT2D eigenvalue weighted by Gasteiger charge is -2.23. The molecule has 6 nitrogen and oxygen atoms in total. The van der Waals surface area contributed by atoms with Crippen LogP contribution in [-0.4, -0.2) is 37.8 Å². The van der Waals surface area contributed by atoms with Crippen molar-refractivity contribution in [2.45, 2.75) is 64.3 Å². The van der Waals surface area contributed by atoms with E-state index in [0.717, 1.165) is 38.5 Å². The van der Waals surface area contributed by atoms with Gasteiger partial charge < -0.3 is 10.6 Å². The van der Waals surface area contributed by atoms with Crippen LogP contribution < -0.4 is 10.6 Å².